The Morgan fingerprint density at radius 2 is 1.81 bits per heavy atom. The number of carbonyl (C=O) groups is 1. The molecule has 3 aromatic rings. The van der Waals surface area contributed by atoms with Gasteiger partial charge in [-0.15, -0.1) is 0 Å². The molecule has 1 amide bonds. The molecule has 1 N–H and O–H groups in total. The van der Waals surface area contributed by atoms with Crippen molar-refractivity contribution in [3.05, 3.63) is 89.5 Å². The van der Waals surface area contributed by atoms with Crippen LogP contribution < -0.4 is 10.1 Å². The van der Waals surface area contributed by atoms with Crippen molar-refractivity contribution >= 4 is 21.6 Å². The van der Waals surface area contributed by atoms with Gasteiger partial charge in [0.15, 0.2) is 0 Å². The molecule has 0 heterocycles. The van der Waals surface area contributed by atoms with Crippen LogP contribution in [-0.4, -0.2) is 32.3 Å². The molecule has 0 fully saturated rings. The van der Waals surface area contributed by atoms with Gasteiger partial charge in [-0.1, -0.05) is 42.5 Å². The lowest BCUT2D eigenvalue weighted by molar-refractivity contribution is -0.116. The molecule has 0 saturated heterocycles. The molecule has 32 heavy (non-hydrogen) atoms. The van der Waals surface area contributed by atoms with Gasteiger partial charge in [-0.3, -0.25) is 4.79 Å². The lowest BCUT2D eigenvalue weighted by Crippen LogP contribution is -2.37. The Morgan fingerprint density at radius 1 is 1.06 bits per heavy atom. The van der Waals surface area contributed by atoms with E-state index in [4.69, 9.17) is 10.00 Å². The maximum Gasteiger partial charge on any atom is 0.247 e. The Kier molecular flexibility index (Phi) is 7.25. The Labute approximate surface area is 187 Å². The average molecular weight is 450 g/mol. The van der Waals surface area contributed by atoms with Gasteiger partial charge in [-0.25, -0.2) is 8.42 Å². The molecule has 3 rings (SSSR count). The molecule has 0 spiro atoms. The monoisotopic (exact) mass is 449 g/mol. The molecule has 7 nitrogen and oxygen atoms in total. The second-order valence-corrected chi connectivity index (χ2v) is 9.06. The zero-order valence-electron chi connectivity index (χ0n) is 17.8. The Hall–Kier alpha value is -3.67. The second kappa shape index (κ2) is 10.1. The fourth-order valence-electron chi connectivity index (χ4n) is 3.16. The van der Waals surface area contributed by atoms with Crippen LogP contribution >= 0.6 is 0 Å². The van der Waals surface area contributed by atoms with Gasteiger partial charge in [0.2, 0.25) is 15.9 Å². The smallest absolute Gasteiger partial charge is 0.247 e. The van der Waals surface area contributed by atoms with Crippen LogP contribution in [0.3, 0.4) is 0 Å². The van der Waals surface area contributed by atoms with Crippen molar-refractivity contribution in [2.24, 2.45) is 0 Å². The summed E-state index contributed by atoms with van der Waals surface area (Å²) in [5.41, 5.74) is 2.30. The van der Waals surface area contributed by atoms with Gasteiger partial charge >= 0.3 is 0 Å². The summed E-state index contributed by atoms with van der Waals surface area (Å²) >= 11 is 0. The number of rotatable bonds is 8. The number of hydrogen-bond acceptors (Lipinski definition) is 5. The van der Waals surface area contributed by atoms with E-state index >= 15 is 0 Å². The molecule has 164 valence electrons. The number of anilines is 1. The zero-order chi connectivity index (χ0) is 23.1. The molecule has 0 aromatic heterocycles. The maximum absolute atomic E-state index is 13.6. The van der Waals surface area contributed by atoms with Crippen LogP contribution in [0.15, 0.2) is 77.7 Å². The SMILES string of the molecule is COc1ccc(C)cc1S(=O)(=O)N(CC(=O)Nc1cccc(C#N)c1)Cc1ccccc1. The number of aryl methyl sites for hydroxylation is 1. The highest BCUT2D eigenvalue weighted by molar-refractivity contribution is 7.89. The first-order valence-corrected chi connectivity index (χ1v) is 11.3. The lowest BCUT2D eigenvalue weighted by atomic mass is 10.2. The average Bonchev–Trinajstić information content (AvgIpc) is 2.79. The Morgan fingerprint density at radius 3 is 2.50 bits per heavy atom. The van der Waals surface area contributed by atoms with Crippen LogP contribution in [0.2, 0.25) is 0 Å². The van der Waals surface area contributed by atoms with Gasteiger partial charge in [0.25, 0.3) is 0 Å². The van der Waals surface area contributed by atoms with Crippen LogP contribution in [-0.2, 0) is 21.4 Å². The van der Waals surface area contributed by atoms with Crippen molar-refractivity contribution in [2.75, 3.05) is 19.0 Å². The third-order valence-electron chi connectivity index (χ3n) is 4.73. The number of nitriles is 1. The van der Waals surface area contributed by atoms with Crippen molar-refractivity contribution in [1.29, 1.82) is 5.26 Å². The van der Waals surface area contributed by atoms with Gasteiger partial charge in [0.05, 0.1) is 25.3 Å². The van der Waals surface area contributed by atoms with Gasteiger partial charge in [-0.2, -0.15) is 9.57 Å². The highest BCUT2D eigenvalue weighted by atomic mass is 32.2. The molecule has 0 saturated carbocycles. The van der Waals surface area contributed by atoms with E-state index < -0.39 is 22.5 Å². The number of carbonyl (C=O) groups excluding carboxylic acids is 1. The Balaban J connectivity index is 1.94. The van der Waals surface area contributed by atoms with E-state index in [1.807, 2.05) is 12.1 Å². The number of sulfonamides is 1. The third-order valence-corrected chi connectivity index (χ3v) is 6.55. The number of benzene rings is 3. The summed E-state index contributed by atoms with van der Waals surface area (Å²) in [7, 11) is -2.67. The summed E-state index contributed by atoms with van der Waals surface area (Å²) in [6.45, 7) is 1.38. The fourth-order valence-corrected chi connectivity index (χ4v) is 4.79. The lowest BCUT2D eigenvalue weighted by Gasteiger charge is -2.23. The first-order valence-electron chi connectivity index (χ1n) is 9.82. The molecule has 0 atom stereocenters. The van der Waals surface area contributed by atoms with Gasteiger partial charge in [-0.05, 0) is 48.4 Å². The topological polar surface area (TPSA) is 99.5 Å². The quantitative estimate of drug-likeness (QED) is 0.565. The van der Waals surface area contributed by atoms with Crippen molar-refractivity contribution in [1.82, 2.24) is 4.31 Å². The zero-order valence-corrected chi connectivity index (χ0v) is 18.6. The van der Waals surface area contributed by atoms with Crippen molar-refractivity contribution in [3.63, 3.8) is 0 Å². The van der Waals surface area contributed by atoms with E-state index in [0.717, 1.165) is 15.4 Å². The molecular weight excluding hydrogens is 426 g/mol. The van der Waals surface area contributed by atoms with Crippen molar-refractivity contribution in [2.45, 2.75) is 18.4 Å². The largest absolute Gasteiger partial charge is 0.495 e. The van der Waals surface area contributed by atoms with Crippen LogP contribution in [0.5, 0.6) is 5.75 Å². The van der Waals surface area contributed by atoms with Crippen LogP contribution in [0, 0.1) is 18.3 Å². The Bertz CT molecular complexity index is 1250. The normalized spacial score (nSPS) is 11.1. The van der Waals surface area contributed by atoms with E-state index in [1.165, 1.54) is 19.2 Å². The number of methoxy groups -OCH3 is 1. The number of amides is 1. The van der Waals surface area contributed by atoms with E-state index in [1.54, 1.807) is 61.5 Å². The second-order valence-electron chi connectivity index (χ2n) is 7.15. The number of ether oxygens (including phenoxy) is 1. The molecule has 8 heteroatoms. The summed E-state index contributed by atoms with van der Waals surface area (Å²) < 4.78 is 33.6. The van der Waals surface area contributed by atoms with Crippen LogP contribution in [0.1, 0.15) is 16.7 Å². The first-order chi connectivity index (χ1) is 15.3. The van der Waals surface area contributed by atoms with Crippen LogP contribution in [0.25, 0.3) is 0 Å². The third kappa shape index (κ3) is 5.52. The number of nitrogens with one attached hydrogen (secondary N) is 1. The fraction of sp³-hybridized carbons (Fsp3) is 0.167. The summed E-state index contributed by atoms with van der Waals surface area (Å²) in [6, 6.07) is 22.3. The summed E-state index contributed by atoms with van der Waals surface area (Å²) in [5, 5.41) is 11.7. The van der Waals surface area contributed by atoms with Crippen molar-refractivity contribution < 1.29 is 17.9 Å². The van der Waals surface area contributed by atoms with Crippen molar-refractivity contribution in [3.8, 4) is 11.8 Å². The van der Waals surface area contributed by atoms with E-state index in [-0.39, 0.29) is 17.2 Å². The summed E-state index contributed by atoms with van der Waals surface area (Å²) in [6.07, 6.45) is 0. The molecule has 0 unspecified atom stereocenters. The van der Waals surface area contributed by atoms with Gasteiger partial charge in [0, 0.05) is 12.2 Å². The molecule has 0 aliphatic heterocycles. The molecule has 0 radical (unpaired) electrons. The maximum atomic E-state index is 13.6. The standard InChI is InChI=1S/C24H23N3O4S/c1-18-11-12-22(31-2)23(13-18)32(29,30)27(16-19-7-4-3-5-8-19)17-24(28)26-21-10-6-9-20(14-21)15-25/h3-14H,16-17H2,1-2H3,(H,26,28). The van der Waals surface area contributed by atoms with E-state index in [2.05, 4.69) is 5.32 Å². The molecule has 3 aromatic carbocycles. The summed E-state index contributed by atoms with van der Waals surface area (Å²) in [5.74, 6) is -0.318. The molecule has 0 aliphatic carbocycles. The predicted octanol–water partition coefficient (Wildman–Crippen LogP) is 3.70. The minimum atomic E-state index is -4.07. The highest BCUT2D eigenvalue weighted by Crippen LogP contribution is 2.28. The van der Waals surface area contributed by atoms with Gasteiger partial charge in [0.1, 0.15) is 10.6 Å². The first kappa shape index (κ1) is 23.0. The molecular formula is C24H23N3O4S. The molecule has 0 bridgehead atoms. The van der Waals surface area contributed by atoms with E-state index in [0.29, 0.717) is 11.3 Å². The molecule has 0 aliphatic rings. The number of hydrogen-bond donors (Lipinski definition) is 1. The van der Waals surface area contributed by atoms with E-state index in [9.17, 15) is 13.2 Å². The van der Waals surface area contributed by atoms with Gasteiger partial charge < -0.3 is 10.1 Å². The summed E-state index contributed by atoms with van der Waals surface area (Å²) in [4.78, 5) is 12.8. The minimum absolute atomic E-state index is 0.00444. The predicted molar refractivity (Wildman–Crippen MR) is 122 cm³/mol. The minimum Gasteiger partial charge on any atom is -0.495 e. The highest BCUT2D eigenvalue weighted by Gasteiger charge is 2.30. The van der Waals surface area contributed by atoms with Crippen LogP contribution in [0.4, 0.5) is 5.69 Å². The number of nitrogens with zero attached hydrogens (tertiary/aromatic N) is 2.